The summed E-state index contributed by atoms with van der Waals surface area (Å²) in [5, 5.41) is 4.31. The maximum atomic E-state index is 13.4. The average Bonchev–Trinajstić information content (AvgIpc) is 3.13. The second-order valence-electron chi connectivity index (χ2n) is 6.72. The van der Waals surface area contributed by atoms with Gasteiger partial charge in [0, 0.05) is 49.5 Å². The van der Waals surface area contributed by atoms with Crippen LogP contribution in [-0.4, -0.2) is 43.2 Å². The first-order chi connectivity index (χ1) is 11.7. The highest BCUT2D eigenvalue weighted by Gasteiger charge is 2.31. The van der Waals surface area contributed by atoms with Crippen molar-refractivity contribution in [2.75, 3.05) is 18.1 Å². The van der Waals surface area contributed by atoms with E-state index in [0.29, 0.717) is 0 Å². The number of thioether (sulfide) groups is 1. The van der Waals surface area contributed by atoms with Gasteiger partial charge >= 0.3 is 0 Å². The van der Waals surface area contributed by atoms with Gasteiger partial charge in [-0.05, 0) is 37.5 Å². The number of fused-ring (bicyclic) bond motifs is 1. The molecule has 0 aromatic carbocycles. The molecule has 2 aliphatic rings. The summed E-state index contributed by atoms with van der Waals surface area (Å²) in [6.07, 6.45) is 10.5. The Kier molecular flexibility index (Phi) is 4.39. The van der Waals surface area contributed by atoms with E-state index in [1.807, 2.05) is 42.0 Å². The van der Waals surface area contributed by atoms with E-state index >= 15 is 0 Å². The minimum atomic E-state index is 0.123. The van der Waals surface area contributed by atoms with Crippen LogP contribution in [0.4, 0.5) is 0 Å². The van der Waals surface area contributed by atoms with E-state index in [1.54, 1.807) is 0 Å². The Hall–Kier alpha value is -1.69. The minimum absolute atomic E-state index is 0.123. The largest absolute Gasteiger partial charge is 0.351 e. The van der Waals surface area contributed by atoms with Crippen molar-refractivity contribution < 1.29 is 4.79 Å². The highest BCUT2D eigenvalue weighted by atomic mass is 32.2. The van der Waals surface area contributed by atoms with E-state index in [9.17, 15) is 4.79 Å². The Bertz CT molecular complexity index is 735. The van der Waals surface area contributed by atoms with Crippen LogP contribution in [-0.2, 0) is 20.0 Å². The van der Waals surface area contributed by atoms with Crippen LogP contribution in [0.2, 0.25) is 0 Å². The van der Waals surface area contributed by atoms with Crippen LogP contribution in [0, 0.1) is 0 Å². The zero-order valence-corrected chi connectivity index (χ0v) is 15.0. The van der Waals surface area contributed by atoms with Gasteiger partial charge in [0.05, 0.1) is 17.8 Å². The van der Waals surface area contributed by atoms with Crippen molar-refractivity contribution in [3.63, 3.8) is 0 Å². The molecule has 0 bridgehead atoms. The van der Waals surface area contributed by atoms with Gasteiger partial charge in [-0.2, -0.15) is 16.9 Å². The number of hydrogen-bond donors (Lipinski definition) is 0. The molecular formula is C18H24N4OS. The quantitative estimate of drug-likeness (QED) is 0.841. The van der Waals surface area contributed by atoms with Crippen molar-refractivity contribution in [1.29, 1.82) is 0 Å². The zero-order valence-electron chi connectivity index (χ0n) is 14.1. The molecule has 4 rings (SSSR count). The van der Waals surface area contributed by atoms with E-state index in [0.717, 1.165) is 48.6 Å². The van der Waals surface area contributed by atoms with E-state index in [-0.39, 0.29) is 11.9 Å². The van der Waals surface area contributed by atoms with Gasteiger partial charge in [-0.15, -0.1) is 0 Å². The molecule has 2 aromatic heterocycles. The van der Waals surface area contributed by atoms with Crippen LogP contribution in [0.25, 0.3) is 0 Å². The lowest BCUT2D eigenvalue weighted by molar-refractivity contribution is 0.0697. The fourth-order valence-electron chi connectivity index (χ4n) is 3.83. The molecule has 0 radical (unpaired) electrons. The molecule has 0 saturated carbocycles. The van der Waals surface area contributed by atoms with Crippen molar-refractivity contribution in [1.82, 2.24) is 19.2 Å². The van der Waals surface area contributed by atoms with Crippen molar-refractivity contribution in [2.24, 2.45) is 7.05 Å². The molecule has 1 unspecified atom stereocenters. The number of carbonyl (C=O) groups is 1. The molecule has 1 amide bonds. The number of aryl methyl sites for hydroxylation is 2. The first kappa shape index (κ1) is 15.8. The summed E-state index contributed by atoms with van der Waals surface area (Å²) in [4.78, 5) is 15.4. The predicted octanol–water partition coefficient (Wildman–Crippen LogP) is 2.88. The number of hydrogen-bond acceptors (Lipinski definition) is 3. The summed E-state index contributed by atoms with van der Waals surface area (Å²) in [7, 11) is 1.93. The standard InChI is InChI=1S/C18H24N4OS/c1-20-12-14(11-19-20)17-13-24-10-4-8-22(17)18(23)15-6-9-21-7-3-2-5-16(15)21/h6,9,11-12,17H,2-5,7-8,10,13H2,1H3. The molecular weight excluding hydrogens is 320 g/mol. The Labute approximate surface area is 147 Å². The Balaban J connectivity index is 1.66. The topological polar surface area (TPSA) is 43.1 Å². The number of rotatable bonds is 2. The summed E-state index contributed by atoms with van der Waals surface area (Å²) < 4.78 is 4.09. The van der Waals surface area contributed by atoms with Gasteiger partial charge in [0.25, 0.3) is 5.91 Å². The van der Waals surface area contributed by atoms with Gasteiger partial charge in [-0.1, -0.05) is 0 Å². The number of nitrogens with zero attached hydrogens (tertiary/aromatic N) is 4. The molecule has 2 aromatic rings. The lowest BCUT2D eigenvalue weighted by atomic mass is 10.0. The first-order valence-electron chi connectivity index (χ1n) is 8.79. The molecule has 24 heavy (non-hydrogen) atoms. The van der Waals surface area contributed by atoms with Crippen LogP contribution >= 0.6 is 11.8 Å². The number of carbonyl (C=O) groups excluding carboxylic acids is 1. The normalized spacial score (nSPS) is 21.4. The Morgan fingerprint density at radius 1 is 1.29 bits per heavy atom. The second kappa shape index (κ2) is 6.67. The first-order valence-corrected chi connectivity index (χ1v) is 9.95. The molecule has 1 atom stereocenters. The molecule has 0 aliphatic carbocycles. The molecule has 6 heteroatoms. The third kappa shape index (κ3) is 2.88. The van der Waals surface area contributed by atoms with Gasteiger partial charge in [0.2, 0.25) is 0 Å². The van der Waals surface area contributed by atoms with Crippen LogP contribution in [0.3, 0.4) is 0 Å². The maximum Gasteiger partial charge on any atom is 0.256 e. The molecule has 1 fully saturated rings. The number of amides is 1. The fourth-order valence-corrected chi connectivity index (χ4v) is 4.92. The zero-order chi connectivity index (χ0) is 16.5. The third-order valence-corrected chi connectivity index (χ3v) is 6.21. The van der Waals surface area contributed by atoms with Gasteiger partial charge in [0.1, 0.15) is 0 Å². The van der Waals surface area contributed by atoms with Gasteiger partial charge in [-0.3, -0.25) is 9.48 Å². The lowest BCUT2D eigenvalue weighted by Gasteiger charge is -2.29. The molecule has 4 heterocycles. The summed E-state index contributed by atoms with van der Waals surface area (Å²) in [6, 6.07) is 2.15. The van der Waals surface area contributed by atoms with Gasteiger partial charge < -0.3 is 9.47 Å². The molecule has 2 aliphatic heterocycles. The van der Waals surface area contributed by atoms with Gasteiger partial charge in [0.15, 0.2) is 0 Å². The van der Waals surface area contributed by atoms with E-state index < -0.39 is 0 Å². The Morgan fingerprint density at radius 3 is 3.04 bits per heavy atom. The van der Waals surface area contributed by atoms with Crippen molar-refractivity contribution in [3.8, 4) is 0 Å². The van der Waals surface area contributed by atoms with E-state index in [4.69, 9.17) is 0 Å². The Morgan fingerprint density at radius 2 is 2.21 bits per heavy atom. The average molecular weight is 344 g/mol. The van der Waals surface area contributed by atoms with Crippen LogP contribution in [0.5, 0.6) is 0 Å². The molecule has 1 saturated heterocycles. The third-order valence-electron chi connectivity index (χ3n) is 5.08. The van der Waals surface area contributed by atoms with Gasteiger partial charge in [-0.25, -0.2) is 0 Å². The highest BCUT2D eigenvalue weighted by Crippen LogP contribution is 2.31. The van der Waals surface area contributed by atoms with E-state index in [2.05, 4.69) is 20.8 Å². The van der Waals surface area contributed by atoms with Crippen LogP contribution in [0.15, 0.2) is 24.7 Å². The molecule has 5 nitrogen and oxygen atoms in total. The number of aromatic nitrogens is 3. The summed E-state index contributed by atoms with van der Waals surface area (Å²) in [6.45, 7) is 1.88. The minimum Gasteiger partial charge on any atom is -0.351 e. The predicted molar refractivity (Wildman–Crippen MR) is 96.3 cm³/mol. The summed E-state index contributed by atoms with van der Waals surface area (Å²) in [5.74, 6) is 2.27. The highest BCUT2D eigenvalue weighted by molar-refractivity contribution is 7.99. The van der Waals surface area contributed by atoms with E-state index in [1.165, 1.54) is 18.5 Å². The summed E-state index contributed by atoms with van der Waals surface area (Å²) >= 11 is 1.94. The second-order valence-corrected chi connectivity index (χ2v) is 7.87. The van der Waals surface area contributed by atoms with Crippen molar-refractivity contribution in [2.45, 2.75) is 38.3 Å². The molecule has 128 valence electrons. The van der Waals surface area contributed by atoms with Crippen LogP contribution in [0.1, 0.15) is 46.9 Å². The maximum absolute atomic E-state index is 13.4. The van der Waals surface area contributed by atoms with Crippen molar-refractivity contribution >= 4 is 17.7 Å². The SMILES string of the molecule is Cn1cc(C2CSCCCN2C(=O)c2ccn3c2CCCC3)cn1. The van der Waals surface area contributed by atoms with Crippen LogP contribution < -0.4 is 0 Å². The molecule has 0 N–H and O–H groups in total. The lowest BCUT2D eigenvalue weighted by Crippen LogP contribution is -2.36. The monoisotopic (exact) mass is 344 g/mol. The fraction of sp³-hybridized carbons (Fsp3) is 0.556. The summed E-state index contributed by atoms with van der Waals surface area (Å²) in [5.41, 5.74) is 3.29. The molecule has 0 spiro atoms. The smallest absolute Gasteiger partial charge is 0.256 e. The van der Waals surface area contributed by atoms with Crippen molar-refractivity contribution in [3.05, 3.63) is 41.5 Å².